The molecule has 3 aromatic rings. The standard InChI is InChI=1S/C39H51N5O4S/c1-26-22-31(12-15-34(26)47-3)28-6-4-27(5-7-28)25-44(36-23-32(16-17-40-36)35-24-41-37(49-35)29-8-9-29)38(45)30-10-13-33(14-11-30)48-39(46)43-20-18-42(2)19-21-43/h12,15-17,22-24,27-30,33H,4-11,13-14,18-21,25H2,1-3H3/t27-,28-,30-,33-. The fourth-order valence-corrected chi connectivity index (χ4v) is 8.99. The van der Waals surface area contributed by atoms with Crippen LogP contribution in [0.4, 0.5) is 10.6 Å². The van der Waals surface area contributed by atoms with Gasteiger partial charge in [0.15, 0.2) is 0 Å². The number of benzene rings is 1. The number of rotatable bonds is 9. The smallest absolute Gasteiger partial charge is 0.410 e. The topological polar surface area (TPSA) is 88.1 Å². The predicted molar refractivity (Wildman–Crippen MR) is 193 cm³/mol. The van der Waals surface area contributed by atoms with Crippen LogP contribution >= 0.6 is 11.3 Å². The van der Waals surface area contributed by atoms with E-state index < -0.39 is 0 Å². The molecule has 7 rings (SSSR count). The first-order valence-electron chi connectivity index (χ1n) is 18.4. The number of methoxy groups -OCH3 is 1. The van der Waals surface area contributed by atoms with Crippen molar-refractivity contribution < 1.29 is 19.1 Å². The molecule has 49 heavy (non-hydrogen) atoms. The van der Waals surface area contributed by atoms with Crippen molar-refractivity contribution in [1.82, 2.24) is 19.8 Å². The number of amides is 2. The van der Waals surface area contributed by atoms with Crippen molar-refractivity contribution in [3.05, 3.63) is 58.9 Å². The van der Waals surface area contributed by atoms with E-state index in [1.807, 2.05) is 28.3 Å². The average molecular weight is 686 g/mol. The zero-order valence-corrected chi connectivity index (χ0v) is 30.1. The molecule has 0 unspecified atom stereocenters. The van der Waals surface area contributed by atoms with Gasteiger partial charge in [-0.3, -0.25) is 9.69 Å². The molecule has 1 saturated heterocycles. The molecule has 2 amide bonds. The van der Waals surface area contributed by atoms with Gasteiger partial charge < -0.3 is 19.3 Å². The molecular formula is C39H51N5O4S. The first-order valence-corrected chi connectivity index (χ1v) is 19.2. The predicted octanol–water partition coefficient (Wildman–Crippen LogP) is 7.65. The Morgan fingerprint density at radius 3 is 2.33 bits per heavy atom. The van der Waals surface area contributed by atoms with Crippen LogP contribution in [0.25, 0.3) is 10.4 Å². The number of piperazine rings is 1. The van der Waals surface area contributed by atoms with Crippen molar-refractivity contribution in [1.29, 1.82) is 0 Å². The van der Waals surface area contributed by atoms with Gasteiger partial charge in [0.2, 0.25) is 5.91 Å². The molecule has 262 valence electrons. The maximum atomic E-state index is 14.5. The van der Waals surface area contributed by atoms with E-state index in [0.717, 1.165) is 73.6 Å². The van der Waals surface area contributed by atoms with Gasteiger partial charge in [0.25, 0.3) is 0 Å². The summed E-state index contributed by atoms with van der Waals surface area (Å²) in [5.74, 6) is 3.28. The Morgan fingerprint density at radius 1 is 0.898 bits per heavy atom. The third-order valence-corrected chi connectivity index (χ3v) is 12.5. The summed E-state index contributed by atoms with van der Waals surface area (Å²) in [7, 11) is 3.80. The molecule has 2 aromatic heterocycles. The lowest BCUT2D eigenvalue weighted by Crippen LogP contribution is -2.48. The van der Waals surface area contributed by atoms with E-state index in [2.05, 4.69) is 43.1 Å². The molecule has 1 aliphatic heterocycles. The van der Waals surface area contributed by atoms with Gasteiger partial charge in [0.1, 0.15) is 17.7 Å². The molecule has 0 N–H and O–H groups in total. The molecule has 4 fully saturated rings. The molecule has 10 heteroatoms. The Morgan fingerprint density at radius 2 is 1.63 bits per heavy atom. The Labute approximate surface area is 295 Å². The highest BCUT2D eigenvalue weighted by atomic mass is 32.1. The summed E-state index contributed by atoms with van der Waals surface area (Å²) in [6, 6.07) is 10.7. The van der Waals surface area contributed by atoms with Crippen LogP contribution in [0.1, 0.15) is 92.2 Å². The molecule has 4 aliphatic rings. The minimum Gasteiger partial charge on any atom is -0.496 e. The molecule has 0 radical (unpaired) electrons. The van der Waals surface area contributed by atoms with Gasteiger partial charge in [-0.15, -0.1) is 11.3 Å². The molecule has 0 bridgehead atoms. The van der Waals surface area contributed by atoms with Gasteiger partial charge in [-0.2, -0.15) is 0 Å². The third kappa shape index (κ3) is 8.12. The Kier molecular flexibility index (Phi) is 10.5. The number of carbonyl (C=O) groups excluding carboxylic acids is 2. The second-order valence-electron chi connectivity index (χ2n) is 14.8. The quantitative estimate of drug-likeness (QED) is 0.229. The van der Waals surface area contributed by atoms with Gasteiger partial charge in [-0.05, 0) is 125 Å². The number of hydrogen-bond donors (Lipinski definition) is 0. The summed E-state index contributed by atoms with van der Waals surface area (Å²) in [5, 5.41) is 1.22. The van der Waals surface area contributed by atoms with Crippen molar-refractivity contribution >= 4 is 29.2 Å². The minimum absolute atomic E-state index is 0.104. The monoisotopic (exact) mass is 685 g/mol. The fourth-order valence-electron chi connectivity index (χ4n) is 7.90. The third-order valence-electron chi connectivity index (χ3n) is 11.3. The van der Waals surface area contributed by atoms with Crippen LogP contribution in [-0.2, 0) is 9.53 Å². The normalized spacial score (nSPS) is 24.8. The largest absolute Gasteiger partial charge is 0.496 e. The van der Waals surface area contributed by atoms with E-state index in [1.54, 1.807) is 18.4 Å². The zero-order valence-electron chi connectivity index (χ0n) is 29.3. The molecule has 0 spiro atoms. The Bertz CT molecular complexity index is 1600. The van der Waals surface area contributed by atoms with E-state index in [1.165, 1.54) is 29.0 Å². The van der Waals surface area contributed by atoms with E-state index in [9.17, 15) is 9.59 Å². The van der Waals surface area contributed by atoms with Crippen LogP contribution in [0.5, 0.6) is 5.75 Å². The SMILES string of the molecule is COc1ccc([C@H]2CC[C@H](CN(c3cc(-c4cnc(C5CC5)s4)ccn3)C(=O)[C@H]3CC[C@H](OC(=O)N4CCN(C)CC4)CC3)CC2)cc1C. The van der Waals surface area contributed by atoms with Crippen LogP contribution in [0.3, 0.4) is 0 Å². The van der Waals surface area contributed by atoms with Crippen molar-refractivity contribution in [2.24, 2.45) is 11.8 Å². The molecule has 1 aromatic carbocycles. The minimum atomic E-state index is -0.209. The Hall–Kier alpha value is -3.50. The van der Waals surface area contributed by atoms with Crippen molar-refractivity contribution in [3.63, 3.8) is 0 Å². The number of pyridine rings is 1. The van der Waals surface area contributed by atoms with Crippen LogP contribution in [0.15, 0.2) is 42.7 Å². The highest BCUT2D eigenvalue weighted by molar-refractivity contribution is 7.15. The molecule has 0 atom stereocenters. The van der Waals surface area contributed by atoms with E-state index in [0.29, 0.717) is 50.2 Å². The number of ether oxygens (including phenoxy) is 2. The number of aryl methyl sites for hydroxylation is 1. The number of carbonyl (C=O) groups is 2. The van der Waals surface area contributed by atoms with E-state index in [-0.39, 0.29) is 24.0 Å². The summed E-state index contributed by atoms with van der Waals surface area (Å²) in [6.45, 7) is 5.94. The van der Waals surface area contributed by atoms with Crippen LogP contribution < -0.4 is 9.64 Å². The zero-order chi connectivity index (χ0) is 33.9. The van der Waals surface area contributed by atoms with Crippen LogP contribution in [0.2, 0.25) is 0 Å². The van der Waals surface area contributed by atoms with Crippen LogP contribution in [0, 0.1) is 18.8 Å². The highest BCUT2D eigenvalue weighted by Gasteiger charge is 2.35. The lowest BCUT2D eigenvalue weighted by molar-refractivity contribution is -0.124. The van der Waals surface area contributed by atoms with Gasteiger partial charge in [-0.1, -0.05) is 12.1 Å². The van der Waals surface area contributed by atoms with Crippen molar-refractivity contribution in [2.45, 2.75) is 89.1 Å². The maximum Gasteiger partial charge on any atom is 0.410 e. The lowest BCUT2D eigenvalue weighted by atomic mass is 9.78. The van der Waals surface area contributed by atoms with Crippen molar-refractivity contribution in [3.8, 4) is 16.2 Å². The van der Waals surface area contributed by atoms with Gasteiger partial charge in [0.05, 0.1) is 17.0 Å². The molecule has 9 nitrogen and oxygen atoms in total. The highest BCUT2D eigenvalue weighted by Crippen LogP contribution is 2.44. The van der Waals surface area contributed by atoms with Crippen molar-refractivity contribution in [2.75, 3.05) is 51.8 Å². The maximum absolute atomic E-state index is 14.5. The summed E-state index contributed by atoms with van der Waals surface area (Å²) in [4.78, 5) is 44.0. The number of thiazole rings is 1. The van der Waals surface area contributed by atoms with Gasteiger partial charge >= 0.3 is 6.09 Å². The van der Waals surface area contributed by atoms with Gasteiger partial charge in [-0.25, -0.2) is 14.8 Å². The van der Waals surface area contributed by atoms with E-state index in [4.69, 9.17) is 19.4 Å². The summed E-state index contributed by atoms with van der Waals surface area (Å²) in [6.07, 6.45) is 13.2. The first kappa shape index (κ1) is 34.0. The Balaban J connectivity index is 1.03. The molecule has 3 heterocycles. The molecule has 3 aliphatic carbocycles. The number of anilines is 1. The molecular weight excluding hydrogens is 635 g/mol. The summed E-state index contributed by atoms with van der Waals surface area (Å²) < 4.78 is 11.4. The average Bonchev–Trinajstić information content (AvgIpc) is 3.86. The van der Waals surface area contributed by atoms with Gasteiger partial charge in [0, 0.05) is 57.0 Å². The van der Waals surface area contributed by atoms with E-state index >= 15 is 0 Å². The number of nitrogens with zero attached hydrogens (tertiary/aromatic N) is 5. The second kappa shape index (κ2) is 15.2. The van der Waals surface area contributed by atoms with Crippen LogP contribution in [-0.4, -0.2) is 84.8 Å². The summed E-state index contributed by atoms with van der Waals surface area (Å²) >= 11 is 1.77. The number of likely N-dealkylation sites (N-methyl/N-ethyl adjacent to an activating group) is 1. The fraction of sp³-hybridized carbons (Fsp3) is 0.590. The first-order chi connectivity index (χ1) is 23.8. The number of hydrogen-bond acceptors (Lipinski definition) is 8. The summed E-state index contributed by atoms with van der Waals surface area (Å²) in [5.41, 5.74) is 3.64. The lowest BCUT2D eigenvalue weighted by Gasteiger charge is -2.36. The number of aromatic nitrogens is 2. The second-order valence-corrected chi connectivity index (χ2v) is 15.8. The molecule has 3 saturated carbocycles.